The molecule has 0 unspecified atom stereocenters. The zero-order valence-electron chi connectivity index (χ0n) is 21.1. The predicted octanol–water partition coefficient (Wildman–Crippen LogP) is 6.72. The molecule has 38 heavy (non-hydrogen) atoms. The first kappa shape index (κ1) is 25.0. The van der Waals surface area contributed by atoms with Gasteiger partial charge in [-0.3, -0.25) is 9.59 Å². The van der Waals surface area contributed by atoms with Gasteiger partial charge in [-0.15, -0.1) is 0 Å². The van der Waals surface area contributed by atoms with Crippen LogP contribution in [0.1, 0.15) is 34.5 Å². The van der Waals surface area contributed by atoms with Crippen molar-refractivity contribution in [3.8, 4) is 5.75 Å². The molecule has 6 nitrogen and oxygen atoms in total. The number of hydrogen-bond acceptors (Lipinski definition) is 5. The first-order valence-electron chi connectivity index (χ1n) is 12.6. The third kappa shape index (κ3) is 6.16. The number of amides is 1. The molecule has 0 aliphatic heterocycles. The van der Waals surface area contributed by atoms with Gasteiger partial charge in [0.2, 0.25) is 0 Å². The lowest BCUT2D eigenvalue weighted by Crippen LogP contribution is -2.11. The second-order valence-electron chi connectivity index (χ2n) is 9.09. The van der Waals surface area contributed by atoms with Crippen LogP contribution in [-0.4, -0.2) is 24.0 Å². The summed E-state index contributed by atoms with van der Waals surface area (Å²) in [6, 6.07) is 31.2. The Morgan fingerprint density at radius 2 is 1.58 bits per heavy atom. The van der Waals surface area contributed by atoms with Crippen molar-refractivity contribution in [2.24, 2.45) is 0 Å². The number of hydrogen-bond donors (Lipinski definition) is 1. The Hall–Kier alpha value is -4.71. The number of carbonyl (C=O) groups excluding carboxylic acids is 2. The zero-order valence-corrected chi connectivity index (χ0v) is 21.1. The normalized spacial score (nSPS) is 10.9. The molecule has 0 saturated heterocycles. The van der Waals surface area contributed by atoms with Crippen LogP contribution in [-0.2, 0) is 22.6 Å². The van der Waals surface area contributed by atoms with Gasteiger partial charge in [-0.1, -0.05) is 48.5 Å². The summed E-state index contributed by atoms with van der Waals surface area (Å²) >= 11 is 0. The molecule has 1 N–H and O–H groups in total. The van der Waals surface area contributed by atoms with Gasteiger partial charge in [-0.2, -0.15) is 0 Å². The molecule has 1 heterocycles. The lowest BCUT2D eigenvalue weighted by atomic mass is 10.1. The zero-order chi connectivity index (χ0) is 26.3. The lowest BCUT2D eigenvalue weighted by Gasteiger charge is -2.10. The van der Waals surface area contributed by atoms with Crippen LogP contribution in [0.2, 0.25) is 0 Å². The number of aryl methyl sites for hydroxylation is 1. The fraction of sp³-hybridized carbons (Fsp3) is 0.156. The smallest absolute Gasteiger partial charge is 0.305 e. The molecule has 5 aromatic rings. The van der Waals surface area contributed by atoms with Crippen molar-refractivity contribution in [3.05, 3.63) is 114 Å². The Morgan fingerprint density at radius 1 is 0.816 bits per heavy atom. The van der Waals surface area contributed by atoms with E-state index in [0.717, 1.165) is 57.2 Å². The number of benzene rings is 4. The van der Waals surface area contributed by atoms with E-state index in [-0.39, 0.29) is 11.9 Å². The van der Waals surface area contributed by atoms with Crippen molar-refractivity contribution in [1.29, 1.82) is 0 Å². The van der Waals surface area contributed by atoms with Gasteiger partial charge in [0, 0.05) is 23.1 Å². The van der Waals surface area contributed by atoms with E-state index in [1.807, 2.05) is 91.0 Å². The molecule has 4 aromatic carbocycles. The number of nitrogens with one attached hydrogen (secondary N) is 1. The lowest BCUT2D eigenvalue weighted by molar-refractivity contribution is -0.140. The Labute approximate surface area is 221 Å². The van der Waals surface area contributed by atoms with Crippen LogP contribution in [0.5, 0.6) is 5.75 Å². The molecule has 0 atom stereocenters. The molecular weight excluding hydrogens is 476 g/mol. The molecule has 0 aliphatic carbocycles. The minimum Gasteiger partial charge on any atom is -0.487 e. The quantitative estimate of drug-likeness (QED) is 0.226. The average Bonchev–Trinajstić information content (AvgIpc) is 2.96. The monoisotopic (exact) mass is 504 g/mol. The number of aromatic nitrogens is 1. The van der Waals surface area contributed by atoms with Crippen LogP contribution in [0.4, 0.5) is 5.69 Å². The summed E-state index contributed by atoms with van der Waals surface area (Å²) in [5, 5.41) is 6.00. The highest BCUT2D eigenvalue weighted by molar-refractivity contribution is 6.06. The van der Waals surface area contributed by atoms with E-state index >= 15 is 0 Å². The number of carbonyl (C=O) groups is 2. The predicted molar refractivity (Wildman–Crippen MR) is 149 cm³/mol. The third-order valence-electron chi connectivity index (χ3n) is 6.40. The van der Waals surface area contributed by atoms with Gasteiger partial charge < -0.3 is 14.8 Å². The molecule has 0 saturated carbocycles. The summed E-state index contributed by atoms with van der Waals surface area (Å²) in [5.74, 6) is 0.371. The maximum absolute atomic E-state index is 12.8. The molecule has 0 fully saturated rings. The second-order valence-corrected chi connectivity index (χ2v) is 9.09. The fourth-order valence-corrected chi connectivity index (χ4v) is 4.30. The van der Waals surface area contributed by atoms with Crippen LogP contribution in [0.25, 0.3) is 21.7 Å². The van der Waals surface area contributed by atoms with Crippen molar-refractivity contribution in [2.75, 3.05) is 12.4 Å². The summed E-state index contributed by atoms with van der Waals surface area (Å²) in [6.45, 7) is 0.376. The highest BCUT2D eigenvalue weighted by Gasteiger charge is 2.09. The van der Waals surface area contributed by atoms with Crippen molar-refractivity contribution in [3.63, 3.8) is 0 Å². The van der Waals surface area contributed by atoms with Crippen LogP contribution in [0.3, 0.4) is 0 Å². The number of esters is 1. The van der Waals surface area contributed by atoms with Crippen molar-refractivity contribution in [1.82, 2.24) is 4.98 Å². The Bertz CT molecular complexity index is 1600. The highest BCUT2D eigenvalue weighted by atomic mass is 16.5. The Balaban J connectivity index is 1.19. The van der Waals surface area contributed by atoms with Crippen molar-refractivity contribution < 1.29 is 19.1 Å². The van der Waals surface area contributed by atoms with Gasteiger partial charge in [0.1, 0.15) is 12.4 Å². The van der Waals surface area contributed by atoms with Gasteiger partial charge in [0.25, 0.3) is 5.91 Å². The second kappa shape index (κ2) is 11.6. The molecule has 5 rings (SSSR count). The molecule has 190 valence electrons. The summed E-state index contributed by atoms with van der Waals surface area (Å²) < 4.78 is 10.7. The van der Waals surface area contributed by atoms with Crippen LogP contribution in [0.15, 0.2) is 97.1 Å². The first-order valence-corrected chi connectivity index (χ1v) is 12.6. The molecule has 1 amide bonds. The van der Waals surface area contributed by atoms with Gasteiger partial charge >= 0.3 is 5.97 Å². The standard InChI is InChI=1S/C32H28N2O4/c1-37-31(35)8-4-5-22-9-15-27(16-10-22)34-32(36)26-12-11-25-20-29(18-14-24(25)19-26)38-21-28-17-13-23-6-2-3-7-30(23)33-28/h2-3,6-7,9-20H,4-5,8,21H2,1H3,(H,34,36). The van der Waals surface area contributed by atoms with Gasteiger partial charge in [0.05, 0.1) is 18.3 Å². The number of pyridine rings is 1. The summed E-state index contributed by atoms with van der Waals surface area (Å²) in [5.41, 5.74) is 4.22. The van der Waals surface area contributed by atoms with Gasteiger partial charge in [-0.05, 0) is 77.7 Å². The van der Waals surface area contributed by atoms with Crippen LogP contribution >= 0.6 is 0 Å². The molecule has 6 heteroatoms. The first-order chi connectivity index (χ1) is 18.6. The van der Waals surface area contributed by atoms with E-state index in [2.05, 4.69) is 21.1 Å². The number of ether oxygens (including phenoxy) is 2. The van der Waals surface area contributed by atoms with E-state index in [1.165, 1.54) is 7.11 Å². The van der Waals surface area contributed by atoms with E-state index < -0.39 is 0 Å². The Kier molecular flexibility index (Phi) is 7.59. The fourth-order valence-electron chi connectivity index (χ4n) is 4.30. The molecule has 0 aliphatic rings. The minimum atomic E-state index is -0.202. The number of fused-ring (bicyclic) bond motifs is 2. The molecular formula is C32H28N2O4. The maximum Gasteiger partial charge on any atom is 0.305 e. The van der Waals surface area contributed by atoms with Gasteiger partial charge in [0.15, 0.2) is 0 Å². The average molecular weight is 505 g/mol. The van der Waals surface area contributed by atoms with E-state index in [9.17, 15) is 9.59 Å². The molecule has 0 spiro atoms. The summed E-state index contributed by atoms with van der Waals surface area (Å²) in [6.07, 6.45) is 1.90. The third-order valence-corrected chi connectivity index (χ3v) is 6.40. The number of methoxy groups -OCH3 is 1. The van der Waals surface area contributed by atoms with E-state index in [4.69, 9.17) is 4.74 Å². The summed E-state index contributed by atoms with van der Waals surface area (Å²) in [4.78, 5) is 28.8. The maximum atomic E-state index is 12.8. The van der Waals surface area contributed by atoms with Gasteiger partial charge in [-0.25, -0.2) is 4.98 Å². The van der Waals surface area contributed by atoms with E-state index in [0.29, 0.717) is 18.6 Å². The largest absolute Gasteiger partial charge is 0.487 e. The minimum absolute atomic E-state index is 0.173. The SMILES string of the molecule is COC(=O)CCCc1ccc(NC(=O)c2ccc3cc(OCc4ccc5ccccc5n4)ccc3c2)cc1. The Morgan fingerprint density at radius 3 is 2.42 bits per heavy atom. The number of para-hydroxylation sites is 1. The number of nitrogens with zero attached hydrogens (tertiary/aromatic N) is 1. The molecule has 0 bridgehead atoms. The molecule has 1 aromatic heterocycles. The van der Waals surface area contributed by atoms with Crippen molar-refractivity contribution >= 4 is 39.2 Å². The van der Waals surface area contributed by atoms with Crippen molar-refractivity contribution in [2.45, 2.75) is 25.9 Å². The van der Waals surface area contributed by atoms with Crippen LogP contribution < -0.4 is 10.1 Å². The van der Waals surface area contributed by atoms with E-state index in [1.54, 1.807) is 0 Å². The number of rotatable bonds is 9. The van der Waals surface area contributed by atoms with Crippen LogP contribution in [0, 0.1) is 0 Å². The topological polar surface area (TPSA) is 77.5 Å². The number of anilines is 1. The molecule has 0 radical (unpaired) electrons. The summed E-state index contributed by atoms with van der Waals surface area (Å²) in [7, 11) is 1.40. The highest BCUT2D eigenvalue weighted by Crippen LogP contribution is 2.24.